The van der Waals surface area contributed by atoms with Crippen LogP contribution in [0.5, 0.6) is 0 Å². The van der Waals surface area contributed by atoms with Gasteiger partial charge in [-0.25, -0.2) is 0 Å². The van der Waals surface area contributed by atoms with Gasteiger partial charge in [0.15, 0.2) is 0 Å². The molecule has 0 saturated heterocycles. The maximum Gasteiger partial charge on any atom is 0.325 e. The fraction of sp³-hybridized carbons (Fsp3) is 0.533. The van der Waals surface area contributed by atoms with Gasteiger partial charge in [0.2, 0.25) is 0 Å². The Morgan fingerprint density at radius 1 is 1.50 bits per heavy atom. The largest absolute Gasteiger partial charge is 0.468 e. The number of thioether (sulfide) groups is 1. The minimum Gasteiger partial charge on any atom is -0.468 e. The molecule has 0 heterocycles. The van der Waals surface area contributed by atoms with E-state index in [-0.39, 0.29) is 5.97 Å². The third kappa shape index (κ3) is 5.46. The Balaban J connectivity index is 2.56. The van der Waals surface area contributed by atoms with E-state index < -0.39 is 5.54 Å². The monoisotopic (exact) mass is 359 g/mol. The Bertz CT molecular complexity index is 442. The normalized spacial score (nSPS) is 13.8. The molecule has 5 heteroatoms. The summed E-state index contributed by atoms with van der Waals surface area (Å²) in [4.78, 5) is 13.1. The molecule has 1 atom stereocenters. The number of hydrogen-bond donors (Lipinski definition) is 1. The molecule has 0 aromatic heterocycles. The molecule has 0 radical (unpaired) electrons. The summed E-state index contributed by atoms with van der Waals surface area (Å²) in [6, 6.07) is 8.18. The van der Waals surface area contributed by atoms with E-state index in [1.165, 1.54) is 12.0 Å². The van der Waals surface area contributed by atoms with Crippen molar-refractivity contribution in [3.63, 3.8) is 0 Å². The first-order valence-electron chi connectivity index (χ1n) is 6.73. The highest BCUT2D eigenvalue weighted by molar-refractivity contribution is 9.10. The molecule has 1 N–H and O–H groups in total. The summed E-state index contributed by atoms with van der Waals surface area (Å²) in [6.45, 7) is 4.81. The maximum absolute atomic E-state index is 11.9. The minimum atomic E-state index is -0.607. The third-order valence-corrected chi connectivity index (χ3v) is 4.56. The molecular weight excluding hydrogens is 338 g/mol. The quantitative estimate of drug-likeness (QED) is 0.564. The number of carbonyl (C=O) groups is 1. The summed E-state index contributed by atoms with van der Waals surface area (Å²) in [6.07, 6.45) is 1.72. The number of benzene rings is 1. The van der Waals surface area contributed by atoms with E-state index >= 15 is 0 Å². The predicted octanol–water partition coefficient (Wildman–Crippen LogP) is 3.86. The number of carbonyl (C=O) groups excluding carboxylic acids is 1. The Morgan fingerprint density at radius 3 is 2.85 bits per heavy atom. The van der Waals surface area contributed by atoms with Gasteiger partial charge in [0.05, 0.1) is 7.11 Å². The molecule has 0 aliphatic rings. The average Bonchev–Trinajstić information content (AvgIpc) is 2.44. The number of nitrogens with one attached hydrogen (secondary N) is 1. The minimum absolute atomic E-state index is 0.194. The number of methoxy groups -OCH3 is 1. The van der Waals surface area contributed by atoms with Crippen LogP contribution >= 0.6 is 27.7 Å². The highest BCUT2D eigenvalue weighted by atomic mass is 79.9. The second kappa shape index (κ2) is 8.70. The van der Waals surface area contributed by atoms with Crippen LogP contribution in [0.15, 0.2) is 33.6 Å². The Kier molecular flexibility index (Phi) is 7.62. The molecule has 0 amide bonds. The van der Waals surface area contributed by atoms with Crippen molar-refractivity contribution in [3.05, 3.63) is 28.7 Å². The van der Waals surface area contributed by atoms with Crippen LogP contribution in [0.4, 0.5) is 0 Å². The molecule has 1 aromatic carbocycles. The fourth-order valence-corrected chi connectivity index (χ4v) is 3.50. The van der Waals surface area contributed by atoms with Gasteiger partial charge in [-0.3, -0.25) is 4.79 Å². The molecule has 3 nitrogen and oxygen atoms in total. The predicted molar refractivity (Wildman–Crippen MR) is 88.2 cm³/mol. The number of hydrogen-bond acceptors (Lipinski definition) is 4. The van der Waals surface area contributed by atoms with Crippen LogP contribution in [0, 0.1) is 0 Å². The Hall–Kier alpha value is -0.520. The van der Waals surface area contributed by atoms with Crippen LogP contribution in [0.3, 0.4) is 0 Å². The molecule has 1 unspecified atom stereocenters. The average molecular weight is 360 g/mol. The topological polar surface area (TPSA) is 38.3 Å². The van der Waals surface area contributed by atoms with E-state index in [0.717, 1.165) is 29.6 Å². The summed E-state index contributed by atoms with van der Waals surface area (Å²) in [5, 5.41) is 3.30. The van der Waals surface area contributed by atoms with Gasteiger partial charge in [-0.2, -0.15) is 0 Å². The molecule has 20 heavy (non-hydrogen) atoms. The van der Waals surface area contributed by atoms with Crippen molar-refractivity contribution in [1.29, 1.82) is 0 Å². The highest BCUT2D eigenvalue weighted by Crippen LogP contribution is 2.25. The molecule has 0 aliphatic carbocycles. The van der Waals surface area contributed by atoms with Crippen molar-refractivity contribution in [2.45, 2.75) is 37.1 Å². The van der Waals surface area contributed by atoms with Crippen molar-refractivity contribution in [2.75, 3.05) is 19.4 Å². The fourth-order valence-electron chi connectivity index (χ4n) is 1.82. The van der Waals surface area contributed by atoms with Gasteiger partial charge in [0.25, 0.3) is 0 Å². The van der Waals surface area contributed by atoms with Gasteiger partial charge in [-0.05, 0) is 44.5 Å². The lowest BCUT2D eigenvalue weighted by Gasteiger charge is -2.27. The van der Waals surface area contributed by atoms with E-state index in [1.807, 2.05) is 19.1 Å². The lowest BCUT2D eigenvalue weighted by atomic mass is 9.99. The molecule has 0 aliphatic heterocycles. The zero-order valence-electron chi connectivity index (χ0n) is 12.2. The Morgan fingerprint density at radius 2 is 2.25 bits per heavy atom. The SMILES string of the molecule is CCCNC(C)(CCSc1cccc(Br)c1)C(=O)OC. The first-order chi connectivity index (χ1) is 9.51. The van der Waals surface area contributed by atoms with Gasteiger partial charge in [-0.1, -0.05) is 28.9 Å². The van der Waals surface area contributed by atoms with Gasteiger partial charge in [-0.15, -0.1) is 11.8 Å². The van der Waals surface area contributed by atoms with E-state index in [1.54, 1.807) is 11.8 Å². The molecular formula is C15H22BrNO2S. The number of esters is 1. The van der Waals surface area contributed by atoms with E-state index in [2.05, 4.69) is 40.3 Å². The summed E-state index contributed by atoms with van der Waals surface area (Å²) < 4.78 is 5.99. The van der Waals surface area contributed by atoms with Crippen molar-refractivity contribution >= 4 is 33.7 Å². The van der Waals surface area contributed by atoms with Gasteiger partial charge in [0.1, 0.15) is 5.54 Å². The van der Waals surface area contributed by atoms with Crippen LogP contribution in [-0.2, 0) is 9.53 Å². The van der Waals surface area contributed by atoms with Gasteiger partial charge >= 0.3 is 5.97 Å². The first-order valence-corrected chi connectivity index (χ1v) is 8.51. The Labute approximate surface area is 134 Å². The summed E-state index contributed by atoms with van der Waals surface area (Å²) >= 11 is 5.21. The molecule has 0 fully saturated rings. The number of halogens is 1. The summed E-state index contributed by atoms with van der Waals surface area (Å²) in [7, 11) is 1.44. The first kappa shape index (κ1) is 17.5. The van der Waals surface area contributed by atoms with Crippen molar-refractivity contribution in [2.24, 2.45) is 0 Å². The van der Waals surface area contributed by atoms with Crippen LogP contribution in [-0.4, -0.2) is 30.9 Å². The molecule has 0 saturated carbocycles. The van der Waals surface area contributed by atoms with Crippen molar-refractivity contribution < 1.29 is 9.53 Å². The lowest BCUT2D eigenvalue weighted by molar-refractivity contribution is -0.148. The van der Waals surface area contributed by atoms with Crippen LogP contribution < -0.4 is 5.32 Å². The summed E-state index contributed by atoms with van der Waals surface area (Å²) in [5.74, 6) is 0.666. The maximum atomic E-state index is 11.9. The lowest BCUT2D eigenvalue weighted by Crippen LogP contribution is -2.50. The van der Waals surface area contributed by atoms with E-state index in [9.17, 15) is 4.79 Å². The van der Waals surface area contributed by atoms with E-state index in [4.69, 9.17) is 4.74 Å². The number of rotatable bonds is 8. The smallest absolute Gasteiger partial charge is 0.325 e. The third-order valence-electron chi connectivity index (χ3n) is 3.07. The zero-order chi connectivity index (χ0) is 15.0. The highest BCUT2D eigenvalue weighted by Gasteiger charge is 2.32. The van der Waals surface area contributed by atoms with Crippen LogP contribution in [0.2, 0.25) is 0 Å². The van der Waals surface area contributed by atoms with Crippen LogP contribution in [0.1, 0.15) is 26.7 Å². The second-order valence-electron chi connectivity index (χ2n) is 4.81. The van der Waals surface area contributed by atoms with Crippen molar-refractivity contribution in [1.82, 2.24) is 5.32 Å². The standard InChI is InChI=1S/C15H22BrNO2S/c1-4-9-17-15(2,14(18)19-3)8-10-20-13-7-5-6-12(16)11-13/h5-7,11,17H,4,8-10H2,1-3H3. The number of ether oxygens (including phenoxy) is 1. The second-order valence-corrected chi connectivity index (χ2v) is 6.89. The molecule has 1 aromatic rings. The van der Waals surface area contributed by atoms with Gasteiger partial charge < -0.3 is 10.1 Å². The molecule has 0 bridgehead atoms. The summed E-state index contributed by atoms with van der Waals surface area (Å²) in [5.41, 5.74) is -0.607. The molecule has 0 spiro atoms. The molecule has 112 valence electrons. The van der Waals surface area contributed by atoms with E-state index in [0.29, 0.717) is 0 Å². The zero-order valence-corrected chi connectivity index (χ0v) is 14.6. The van der Waals surface area contributed by atoms with Gasteiger partial charge in [0, 0.05) is 15.1 Å². The van der Waals surface area contributed by atoms with Crippen LogP contribution in [0.25, 0.3) is 0 Å². The van der Waals surface area contributed by atoms with Crippen molar-refractivity contribution in [3.8, 4) is 0 Å². The molecule has 1 rings (SSSR count).